The average Bonchev–Trinajstić information content (AvgIpc) is 3.18. The molecule has 0 bridgehead atoms. The fourth-order valence-electron chi connectivity index (χ4n) is 2.64. The van der Waals surface area contributed by atoms with Crippen LogP contribution in [0.15, 0.2) is 17.5 Å². The third-order valence-electron chi connectivity index (χ3n) is 3.97. The van der Waals surface area contributed by atoms with Crippen LogP contribution in [-0.4, -0.2) is 23.3 Å². The Morgan fingerprint density at radius 2 is 2.04 bits per heavy atom. The van der Waals surface area contributed by atoms with Crippen LogP contribution < -0.4 is 10.2 Å². The van der Waals surface area contributed by atoms with Crippen molar-refractivity contribution in [1.29, 1.82) is 0 Å². The summed E-state index contributed by atoms with van der Waals surface area (Å²) in [5.41, 5.74) is 0.740. The van der Waals surface area contributed by atoms with Crippen LogP contribution in [0.1, 0.15) is 25.1 Å². The molecule has 0 unspecified atom stereocenters. The minimum atomic E-state index is -0.606. The van der Waals surface area contributed by atoms with E-state index in [0.29, 0.717) is 10.8 Å². The van der Waals surface area contributed by atoms with E-state index >= 15 is 0 Å². The average molecular weight is 365 g/mol. The van der Waals surface area contributed by atoms with Crippen molar-refractivity contribution in [2.24, 2.45) is 5.92 Å². The second-order valence-corrected chi connectivity index (χ2v) is 6.97. The first-order chi connectivity index (χ1) is 11.9. The normalized spacial score (nSPS) is 13.2. The Morgan fingerprint density at radius 3 is 2.76 bits per heavy atom. The second-order valence-electron chi connectivity index (χ2n) is 6.12. The molecule has 0 aliphatic carbocycles. The van der Waals surface area contributed by atoms with Gasteiger partial charge in [-0.25, -0.2) is 13.8 Å². The summed E-state index contributed by atoms with van der Waals surface area (Å²) in [7, 11) is 0. The third kappa shape index (κ3) is 3.53. The van der Waals surface area contributed by atoms with Gasteiger partial charge < -0.3 is 10.2 Å². The number of thiazole rings is 1. The van der Waals surface area contributed by atoms with E-state index in [9.17, 15) is 18.4 Å². The molecule has 0 atom stereocenters. The van der Waals surface area contributed by atoms with Crippen molar-refractivity contribution >= 4 is 34.0 Å². The van der Waals surface area contributed by atoms with Gasteiger partial charge in [-0.05, 0) is 18.6 Å². The van der Waals surface area contributed by atoms with Gasteiger partial charge in [-0.15, -0.1) is 11.3 Å². The molecule has 1 N–H and O–H groups in total. The number of fused-ring (bicyclic) bond motifs is 1. The maximum Gasteiger partial charge on any atom is 0.233 e. The Labute approximate surface area is 147 Å². The van der Waals surface area contributed by atoms with Crippen LogP contribution in [0, 0.1) is 17.6 Å². The zero-order chi connectivity index (χ0) is 18.1. The van der Waals surface area contributed by atoms with E-state index < -0.39 is 11.6 Å². The zero-order valence-corrected chi connectivity index (χ0v) is 14.6. The first-order valence-electron chi connectivity index (χ1n) is 7.89. The molecule has 0 saturated carbocycles. The lowest BCUT2D eigenvalue weighted by molar-refractivity contribution is -0.119. The number of benzene rings is 1. The van der Waals surface area contributed by atoms with Crippen molar-refractivity contribution in [3.05, 3.63) is 40.4 Å². The standard InChI is InChI=1S/C17H17F2N3O2S/c1-9(2)16(24)21-17-20-10(8-25-17)7-14(23)22-6-5-11-12(18)3-4-13(19)15(11)22/h3-4,8-9H,5-7H2,1-2H3,(H,20,21,24). The smallest absolute Gasteiger partial charge is 0.233 e. The second kappa shape index (κ2) is 6.87. The fraction of sp³-hybridized carbons (Fsp3) is 0.353. The number of carbonyl (C=O) groups is 2. The minimum absolute atomic E-state index is 0.0218. The van der Waals surface area contributed by atoms with Crippen molar-refractivity contribution in [3.8, 4) is 0 Å². The van der Waals surface area contributed by atoms with E-state index in [1.165, 1.54) is 16.2 Å². The molecule has 3 rings (SSSR count). The molecule has 25 heavy (non-hydrogen) atoms. The van der Waals surface area contributed by atoms with Crippen molar-refractivity contribution in [2.45, 2.75) is 26.7 Å². The Kier molecular flexibility index (Phi) is 4.80. The molecule has 0 radical (unpaired) electrons. The third-order valence-corrected chi connectivity index (χ3v) is 4.78. The summed E-state index contributed by atoms with van der Waals surface area (Å²) in [4.78, 5) is 29.6. The lowest BCUT2D eigenvalue weighted by Crippen LogP contribution is -2.31. The Morgan fingerprint density at radius 1 is 1.32 bits per heavy atom. The van der Waals surface area contributed by atoms with Gasteiger partial charge in [0.25, 0.3) is 0 Å². The van der Waals surface area contributed by atoms with E-state index in [1.807, 2.05) is 0 Å². The number of anilines is 2. The zero-order valence-electron chi connectivity index (χ0n) is 13.8. The van der Waals surface area contributed by atoms with Gasteiger partial charge in [-0.3, -0.25) is 9.59 Å². The highest BCUT2D eigenvalue weighted by atomic mass is 32.1. The van der Waals surface area contributed by atoms with E-state index in [-0.39, 0.29) is 48.4 Å². The van der Waals surface area contributed by atoms with Gasteiger partial charge in [-0.1, -0.05) is 13.8 Å². The Bertz CT molecular complexity index is 835. The monoisotopic (exact) mass is 365 g/mol. The van der Waals surface area contributed by atoms with Crippen LogP contribution in [-0.2, 0) is 22.4 Å². The van der Waals surface area contributed by atoms with E-state index in [0.717, 1.165) is 12.1 Å². The van der Waals surface area contributed by atoms with Crippen molar-refractivity contribution in [3.63, 3.8) is 0 Å². The fourth-order valence-corrected chi connectivity index (χ4v) is 3.36. The first-order valence-corrected chi connectivity index (χ1v) is 8.77. The Hall–Kier alpha value is -2.35. The van der Waals surface area contributed by atoms with Crippen LogP contribution in [0.2, 0.25) is 0 Å². The summed E-state index contributed by atoms with van der Waals surface area (Å²) in [5, 5.41) is 4.76. The molecule has 2 amide bonds. The van der Waals surface area contributed by atoms with Crippen LogP contribution in [0.5, 0.6) is 0 Å². The molecule has 2 heterocycles. The quantitative estimate of drug-likeness (QED) is 0.905. The van der Waals surface area contributed by atoms with Crippen LogP contribution >= 0.6 is 11.3 Å². The molecule has 2 aromatic rings. The number of rotatable bonds is 4. The molecule has 1 aliphatic rings. The number of carbonyl (C=O) groups excluding carboxylic acids is 2. The number of amides is 2. The van der Waals surface area contributed by atoms with Gasteiger partial charge in [-0.2, -0.15) is 0 Å². The lowest BCUT2D eigenvalue weighted by atomic mass is 10.1. The molecular weight excluding hydrogens is 348 g/mol. The van der Waals surface area contributed by atoms with Crippen molar-refractivity contribution < 1.29 is 18.4 Å². The van der Waals surface area contributed by atoms with Gasteiger partial charge in [0.2, 0.25) is 11.8 Å². The molecule has 0 saturated heterocycles. The van der Waals surface area contributed by atoms with Crippen LogP contribution in [0.3, 0.4) is 0 Å². The maximum absolute atomic E-state index is 14.0. The van der Waals surface area contributed by atoms with E-state index in [1.54, 1.807) is 19.2 Å². The van der Waals surface area contributed by atoms with Gasteiger partial charge in [0.15, 0.2) is 5.13 Å². The Balaban J connectivity index is 1.72. The van der Waals surface area contributed by atoms with Gasteiger partial charge in [0.1, 0.15) is 11.6 Å². The van der Waals surface area contributed by atoms with E-state index in [2.05, 4.69) is 10.3 Å². The van der Waals surface area contributed by atoms with Gasteiger partial charge in [0.05, 0.1) is 17.8 Å². The predicted molar refractivity (Wildman–Crippen MR) is 91.7 cm³/mol. The van der Waals surface area contributed by atoms with Gasteiger partial charge in [0, 0.05) is 23.4 Å². The molecule has 1 aromatic heterocycles. The van der Waals surface area contributed by atoms with Gasteiger partial charge >= 0.3 is 0 Å². The number of aromatic nitrogens is 1. The molecule has 0 fully saturated rings. The number of hydrogen-bond donors (Lipinski definition) is 1. The highest BCUT2D eigenvalue weighted by Gasteiger charge is 2.30. The number of hydrogen-bond acceptors (Lipinski definition) is 4. The molecule has 8 heteroatoms. The maximum atomic E-state index is 14.0. The summed E-state index contributed by atoms with van der Waals surface area (Å²) in [5.74, 6) is -1.79. The van der Waals surface area contributed by atoms with Crippen LogP contribution in [0.25, 0.3) is 0 Å². The molecular formula is C17H17F2N3O2S. The summed E-state index contributed by atoms with van der Waals surface area (Å²) in [6.07, 6.45) is 0.251. The highest BCUT2D eigenvalue weighted by Crippen LogP contribution is 2.33. The summed E-state index contributed by atoms with van der Waals surface area (Å²) in [6.45, 7) is 3.78. The molecule has 132 valence electrons. The summed E-state index contributed by atoms with van der Waals surface area (Å²) in [6, 6.07) is 2.11. The number of nitrogens with zero attached hydrogens (tertiary/aromatic N) is 2. The van der Waals surface area contributed by atoms with Crippen molar-refractivity contribution in [1.82, 2.24) is 4.98 Å². The van der Waals surface area contributed by atoms with Crippen LogP contribution in [0.4, 0.5) is 19.6 Å². The summed E-state index contributed by atoms with van der Waals surface area (Å²) >= 11 is 1.22. The largest absolute Gasteiger partial charge is 0.309 e. The lowest BCUT2D eigenvalue weighted by Gasteiger charge is -2.17. The van der Waals surface area contributed by atoms with Crippen molar-refractivity contribution in [2.75, 3.05) is 16.8 Å². The molecule has 1 aliphatic heterocycles. The SMILES string of the molecule is CC(C)C(=O)Nc1nc(CC(=O)N2CCc3c(F)ccc(F)c32)cs1. The highest BCUT2D eigenvalue weighted by molar-refractivity contribution is 7.13. The predicted octanol–water partition coefficient (Wildman–Crippen LogP) is 3.15. The number of nitrogens with one attached hydrogen (secondary N) is 1. The number of halogens is 2. The molecule has 1 aromatic carbocycles. The van der Waals surface area contributed by atoms with E-state index in [4.69, 9.17) is 0 Å². The molecule has 0 spiro atoms. The summed E-state index contributed by atoms with van der Waals surface area (Å²) < 4.78 is 27.8. The molecule has 5 nitrogen and oxygen atoms in total. The minimum Gasteiger partial charge on any atom is -0.309 e. The first kappa shape index (κ1) is 17.5. The topological polar surface area (TPSA) is 62.3 Å².